The van der Waals surface area contributed by atoms with E-state index < -0.39 is 11.7 Å². The minimum Gasteiger partial charge on any atom is -0.507 e. The van der Waals surface area contributed by atoms with Gasteiger partial charge < -0.3 is 25.0 Å². The van der Waals surface area contributed by atoms with Crippen LogP contribution < -0.4 is 10.2 Å². The van der Waals surface area contributed by atoms with E-state index in [0.29, 0.717) is 28.7 Å². The Morgan fingerprint density at radius 2 is 1.93 bits per heavy atom. The highest BCUT2D eigenvalue weighted by Gasteiger charge is 2.34. The Morgan fingerprint density at radius 3 is 2.65 bits per heavy atom. The zero-order valence-corrected chi connectivity index (χ0v) is 22.8. The number of carbonyl (C=O) groups excluding carboxylic acids is 2. The molecule has 9 nitrogen and oxygen atoms in total. The Bertz CT molecular complexity index is 1410. The van der Waals surface area contributed by atoms with Crippen LogP contribution in [0.2, 0.25) is 0 Å². The number of hydrogen-bond donors (Lipinski definition) is 2. The van der Waals surface area contributed by atoms with Crippen LogP contribution in [0.25, 0.3) is 10.4 Å². The first kappa shape index (κ1) is 27.4. The number of hydrogen-bond acceptors (Lipinski definition) is 8. The van der Waals surface area contributed by atoms with E-state index in [1.165, 1.54) is 23.8 Å². The summed E-state index contributed by atoms with van der Waals surface area (Å²) >= 11 is 1.40. The number of halogens is 1. The Hall–Kier alpha value is -4.17. The van der Waals surface area contributed by atoms with Crippen LogP contribution in [0, 0.1) is 17.1 Å². The summed E-state index contributed by atoms with van der Waals surface area (Å²) < 4.78 is 19.6. The number of aromatic hydroxyl groups is 1. The number of carbonyl (C=O) groups is 2. The van der Waals surface area contributed by atoms with Crippen molar-refractivity contribution < 1.29 is 23.8 Å². The lowest BCUT2D eigenvalue weighted by atomic mass is 10.0. The average Bonchev–Trinajstić information content (AvgIpc) is 3.75. The van der Waals surface area contributed by atoms with E-state index in [0.717, 1.165) is 62.1 Å². The first-order valence-electron chi connectivity index (χ1n) is 13.4. The predicted octanol–water partition coefficient (Wildman–Crippen LogP) is 5.05. The van der Waals surface area contributed by atoms with Crippen molar-refractivity contribution >= 4 is 28.5 Å². The maximum absolute atomic E-state index is 14.7. The number of cyclic esters (lactones) is 1. The standard InChI is InChI=1S/C22H19FN4O2S.C7H11NO2/c23-18-9-17(20-13-26-22(30-20)27-7-1-2-8-27)19(28)10-16(18)21(29)25-12-15-5-3-14(11-24)4-6-15;9-7-8-4-2-1-3-6(8)5-10-7/h3-6,9-10,13,28H,1-2,7-8,12H2,(H,25,29);6H,1-5H2. The molecule has 0 aliphatic carbocycles. The first-order chi connectivity index (χ1) is 19.4. The highest BCUT2D eigenvalue weighted by atomic mass is 32.1. The summed E-state index contributed by atoms with van der Waals surface area (Å²) in [6.45, 7) is 3.61. The third-order valence-corrected chi connectivity index (χ3v) is 8.35. The fraction of sp³-hybridized carbons (Fsp3) is 0.379. The molecule has 11 heteroatoms. The highest BCUT2D eigenvalue weighted by Crippen LogP contribution is 2.38. The van der Waals surface area contributed by atoms with Gasteiger partial charge in [-0.1, -0.05) is 23.5 Å². The number of nitrogens with one attached hydrogen (secondary N) is 1. The molecule has 0 saturated carbocycles. The van der Waals surface area contributed by atoms with Crippen molar-refractivity contribution in [1.29, 1.82) is 5.26 Å². The molecule has 3 saturated heterocycles. The quantitative estimate of drug-likeness (QED) is 0.446. The number of fused-ring (bicyclic) bond motifs is 1. The number of benzene rings is 2. The van der Waals surface area contributed by atoms with Gasteiger partial charge >= 0.3 is 6.09 Å². The van der Waals surface area contributed by atoms with Gasteiger partial charge in [0.2, 0.25) is 0 Å². The summed E-state index contributed by atoms with van der Waals surface area (Å²) in [4.78, 5) is 32.4. The Morgan fingerprint density at radius 1 is 1.18 bits per heavy atom. The third kappa shape index (κ3) is 6.18. The van der Waals surface area contributed by atoms with Crippen molar-refractivity contribution in [3.8, 4) is 22.3 Å². The maximum atomic E-state index is 14.7. The van der Waals surface area contributed by atoms with Crippen LogP contribution in [0.3, 0.4) is 0 Å². The van der Waals surface area contributed by atoms with E-state index >= 15 is 0 Å². The van der Waals surface area contributed by atoms with Crippen LogP contribution >= 0.6 is 11.3 Å². The Labute approximate surface area is 235 Å². The van der Waals surface area contributed by atoms with Crippen LogP contribution in [0.4, 0.5) is 14.3 Å². The number of phenolic OH excluding ortho intramolecular Hbond substituents is 1. The molecule has 1 unspecified atom stereocenters. The first-order valence-corrected chi connectivity index (χ1v) is 14.2. The van der Waals surface area contributed by atoms with Crippen molar-refractivity contribution in [2.75, 3.05) is 31.1 Å². The van der Waals surface area contributed by atoms with Crippen LogP contribution in [0.1, 0.15) is 53.6 Å². The minimum atomic E-state index is -0.712. The molecule has 0 spiro atoms. The molecule has 4 heterocycles. The van der Waals surface area contributed by atoms with E-state index in [1.807, 2.05) is 11.0 Å². The number of nitrogens with zero attached hydrogens (tertiary/aromatic N) is 4. The maximum Gasteiger partial charge on any atom is 0.410 e. The predicted molar refractivity (Wildman–Crippen MR) is 149 cm³/mol. The van der Waals surface area contributed by atoms with Crippen molar-refractivity contribution in [3.63, 3.8) is 0 Å². The van der Waals surface area contributed by atoms with E-state index in [9.17, 15) is 19.1 Å². The summed E-state index contributed by atoms with van der Waals surface area (Å²) in [6.07, 6.45) is 7.29. The molecule has 40 heavy (non-hydrogen) atoms. The number of ether oxygens (including phenoxy) is 1. The molecule has 1 atom stereocenters. The molecule has 3 fully saturated rings. The number of piperidine rings is 1. The molecule has 2 aromatic carbocycles. The molecule has 6 rings (SSSR count). The fourth-order valence-corrected chi connectivity index (χ4v) is 6.01. The molecule has 3 aliphatic heterocycles. The number of rotatable bonds is 5. The number of nitriles is 1. The van der Waals surface area contributed by atoms with Gasteiger partial charge in [-0.3, -0.25) is 4.79 Å². The third-order valence-electron chi connectivity index (χ3n) is 7.26. The molecule has 3 aromatic rings. The Balaban J connectivity index is 0.000000269. The number of anilines is 1. The number of phenols is 1. The van der Waals surface area contributed by atoms with Gasteiger partial charge in [0.1, 0.15) is 18.2 Å². The monoisotopic (exact) mass is 563 g/mol. The molecule has 2 amide bonds. The van der Waals surface area contributed by atoms with E-state index in [-0.39, 0.29) is 24.0 Å². The van der Waals surface area contributed by atoms with Gasteiger partial charge in [-0.15, -0.1) is 0 Å². The SMILES string of the molecule is N#Cc1ccc(CNC(=O)c2cc(O)c(-c3cnc(N4CCCC4)s3)cc2F)cc1.O=C1OCC2CCCCN12. The van der Waals surface area contributed by atoms with Crippen LogP contribution in [0.5, 0.6) is 5.75 Å². The van der Waals surface area contributed by atoms with E-state index in [4.69, 9.17) is 10.00 Å². The lowest BCUT2D eigenvalue weighted by Crippen LogP contribution is -2.37. The van der Waals surface area contributed by atoms with Gasteiger partial charge in [0.25, 0.3) is 5.91 Å². The molecule has 1 aromatic heterocycles. The van der Waals surface area contributed by atoms with Gasteiger partial charge in [0.05, 0.1) is 28.1 Å². The molecular weight excluding hydrogens is 533 g/mol. The topological polar surface area (TPSA) is 119 Å². The van der Waals surface area contributed by atoms with E-state index in [2.05, 4.69) is 15.2 Å². The van der Waals surface area contributed by atoms with Crippen molar-refractivity contribution in [2.24, 2.45) is 0 Å². The molecule has 0 bridgehead atoms. The number of amides is 2. The van der Waals surface area contributed by atoms with Crippen molar-refractivity contribution in [2.45, 2.75) is 44.7 Å². The van der Waals surface area contributed by atoms with Gasteiger partial charge in [-0.2, -0.15) is 5.26 Å². The lowest BCUT2D eigenvalue weighted by molar-refractivity contribution is 0.0946. The highest BCUT2D eigenvalue weighted by molar-refractivity contribution is 7.19. The number of thiazole rings is 1. The van der Waals surface area contributed by atoms with Crippen molar-refractivity contribution in [1.82, 2.24) is 15.2 Å². The Kier molecular flexibility index (Phi) is 8.45. The lowest BCUT2D eigenvalue weighted by Gasteiger charge is -2.25. The fourth-order valence-electron chi connectivity index (χ4n) is 5.02. The average molecular weight is 564 g/mol. The normalized spacial score (nSPS) is 17.9. The van der Waals surface area contributed by atoms with Crippen LogP contribution in [-0.4, -0.2) is 59.3 Å². The van der Waals surface area contributed by atoms with Gasteiger partial charge in [-0.25, -0.2) is 14.2 Å². The largest absolute Gasteiger partial charge is 0.507 e. The van der Waals surface area contributed by atoms with Crippen molar-refractivity contribution in [3.05, 3.63) is 65.1 Å². The zero-order valence-electron chi connectivity index (χ0n) is 21.9. The second-order valence-electron chi connectivity index (χ2n) is 9.96. The zero-order chi connectivity index (χ0) is 28.1. The summed E-state index contributed by atoms with van der Waals surface area (Å²) in [5.41, 5.74) is 1.39. The summed E-state index contributed by atoms with van der Waals surface area (Å²) in [7, 11) is 0. The number of aromatic nitrogens is 1. The van der Waals surface area contributed by atoms with Gasteiger partial charge in [-0.05, 0) is 61.9 Å². The summed E-state index contributed by atoms with van der Waals surface area (Å²) in [5, 5.41) is 22.7. The second-order valence-corrected chi connectivity index (χ2v) is 11.0. The summed E-state index contributed by atoms with van der Waals surface area (Å²) in [5.74, 6) is -1.51. The van der Waals surface area contributed by atoms with Gasteiger partial charge in [0, 0.05) is 37.9 Å². The minimum absolute atomic E-state index is 0.107. The van der Waals surface area contributed by atoms with E-state index in [1.54, 1.807) is 30.5 Å². The smallest absolute Gasteiger partial charge is 0.410 e. The second kappa shape index (κ2) is 12.3. The molecule has 208 valence electrons. The molecule has 2 N–H and O–H groups in total. The molecular formula is C29H30FN5O4S. The summed E-state index contributed by atoms with van der Waals surface area (Å²) in [6, 6.07) is 11.5. The van der Waals surface area contributed by atoms with Gasteiger partial charge in [0.15, 0.2) is 5.13 Å². The molecule has 0 radical (unpaired) electrons. The van der Waals surface area contributed by atoms with Crippen LogP contribution in [-0.2, 0) is 11.3 Å². The van der Waals surface area contributed by atoms with Crippen LogP contribution in [0.15, 0.2) is 42.6 Å². The molecule has 3 aliphatic rings.